The summed E-state index contributed by atoms with van der Waals surface area (Å²) in [5, 5.41) is 11.8. The van der Waals surface area contributed by atoms with Crippen LogP contribution < -0.4 is 14.8 Å². The number of ether oxygens (including phenoxy) is 2. The molecule has 2 aromatic carbocycles. The standard InChI is InChI=1S/C16H17NO4/c1-20-14-6-3-5-13(9-14)17-16(19)11-21-15-7-2-4-12(8-15)10-18/h2-9,18H,10-11H2,1H3,(H,17,19). The van der Waals surface area contributed by atoms with E-state index in [2.05, 4.69) is 5.32 Å². The van der Waals surface area contributed by atoms with Gasteiger partial charge < -0.3 is 19.9 Å². The van der Waals surface area contributed by atoms with E-state index in [9.17, 15) is 4.79 Å². The molecule has 0 aliphatic heterocycles. The zero-order chi connectivity index (χ0) is 15.1. The largest absolute Gasteiger partial charge is 0.497 e. The van der Waals surface area contributed by atoms with Crippen molar-refractivity contribution in [1.82, 2.24) is 0 Å². The SMILES string of the molecule is COc1cccc(NC(=O)COc2cccc(CO)c2)c1. The number of nitrogens with one attached hydrogen (secondary N) is 1. The summed E-state index contributed by atoms with van der Waals surface area (Å²) in [6.07, 6.45) is 0. The molecule has 2 rings (SSSR count). The average molecular weight is 287 g/mol. The Balaban J connectivity index is 1.89. The molecule has 0 saturated heterocycles. The summed E-state index contributed by atoms with van der Waals surface area (Å²) < 4.78 is 10.5. The topological polar surface area (TPSA) is 67.8 Å². The molecule has 0 saturated carbocycles. The number of aliphatic hydroxyl groups excluding tert-OH is 1. The third-order valence-corrected chi connectivity index (χ3v) is 2.80. The van der Waals surface area contributed by atoms with Crippen LogP contribution in [0.25, 0.3) is 0 Å². The van der Waals surface area contributed by atoms with Gasteiger partial charge in [0.2, 0.25) is 0 Å². The molecule has 2 aromatic rings. The van der Waals surface area contributed by atoms with Crippen molar-refractivity contribution in [3.05, 3.63) is 54.1 Å². The van der Waals surface area contributed by atoms with Crippen LogP contribution in [0.2, 0.25) is 0 Å². The fraction of sp³-hybridized carbons (Fsp3) is 0.188. The van der Waals surface area contributed by atoms with Gasteiger partial charge in [-0.15, -0.1) is 0 Å². The number of methoxy groups -OCH3 is 1. The molecule has 0 fully saturated rings. The third kappa shape index (κ3) is 4.50. The van der Waals surface area contributed by atoms with Crippen molar-refractivity contribution in [2.75, 3.05) is 19.0 Å². The molecule has 0 aliphatic carbocycles. The van der Waals surface area contributed by atoms with E-state index in [1.165, 1.54) is 0 Å². The van der Waals surface area contributed by atoms with E-state index in [-0.39, 0.29) is 19.1 Å². The Morgan fingerprint density at radius 3 is 2.67 bits per heavy atom. The molecule has 0 aromatic heterocycles. The third-order valence-electron chi connectivity index (χ3n) is 2.80. The quantitative estimate of drug-likeness (QED) is 0.854. The molecule has 0 atom stereocenters. The minimum Gasteiger partial charge on any atom is -0.497 e. The van der Waals surface area contributed by atoms with Crippen LogP contribution in [0.1, 0.15) is 5.56 Å². The van der Waals surface area contributed by atoms with Crippen molar-refractivity contribution in [1.29, 1.82) is 0 Å². The molecule has 0 aliphatic rings. The van der Waals surface area contributed by atoms with E-state index in [4.69, 9.17) is 14.6 Å². The number of carbonyl (C=O) groups excluding carboxylic acids is 1. The lowest BCUT2D eigenvalue weighted by atomic mass is 10.2. The van der Waals surface area contributed by atoms with Gasteiger partial charge in [-0.1, -0.05) is 18.2 Å². The molecule has 0 heterocycles. The summed E-state index contributed by atoms with van der Waals surface area (Å²) in [4.78, 5) is 11.8. The Kier molecular flexibility index (Phi) is 5.17. The molecule has 0 bridgehead atoms. The molecule has 0 radical (unpaired) electrons. The summed E-state index contributed by atoms with van der Waals surface area (Å²) >= 11 is 0. The molecule has 5 heteroatoms. The predicted molar refractivity (Wildman–Crippen MR) is 79.5 cm³/mol. The van der Waals surface area contributed by atoms with Gasteiger partial charge in [-0.2, -0.15) is 0 Å². The predicted octanol–water partition coefficient (Wildman–Crippen LogP) is 2.21. The van der Waals surface area contributed by atoms with Gasteiger partial charge in [-0.25, -0.2) is 0 Å². The fourth-order valence-corrected chi connectivity index (χ4v) is 1.78. The maximum absolute atomic E-state index is 11.8. The van der Waals surface area contributed by atoms with Crippen molar-refractivity contribution in [2.24, 2.45) is 0 Å². The van der Waals surface area contributed by atoms with Crippen molar-refractivity contribution in [3.63, 3.8) is 0 Å². The highest BCUT2D eigenvalue weighted by molar-refractivity contribution is 5.92. The molecular formula is C16H17NO4. The second kappa shape index (κ2) is 7.31. The van der Waals surface area contributed by atoms with Crippen LogP contribution >= 0.6 is 0 Å². The highest BCUT2D eigenvalue weighted by Crippen LogP contribution is 2.17. The summed E-state index contributed by atoms with van der Waals surface area (Å²) in [7, 11) is 1.57. The molecular weight excluding hydrogens is 270 g/mol. The number of benzene rings is 2. The normalized spacial score (nSPS) is 10.0. The summed E-state index contributed by atoms with van der Waals surface area (Å²) in [5.74, 6) is 0.948. The molecule has 5 nitrogen and oxygen atoms in total. The van der Waals surface area contributed by atoms with Gasteiger partial charge in [-0.3, -0.25) is 4.79 Å². The Labute approximate surface area is 123 Å². The average Bonchev–Trinajstić information content (AvgIpc) is 2.53. The van der Waals surface area contributed by atoms with Gasteiger partial charge in [0.05, 0.1) is 13.7 Å². The van der Waals surface area contributed by atoms with Crippen LogP contribution in [0, 0.1) is 0 Å². The summed E-state index contributed by atoms with van der Waals surface area (Å²) in [6.45, 7) is -0.167. The first-order valence-corrected chi connectivity index (χ1v) is 6.48. The van der Waals surface area contributed by atoms with Crippen LogP contribution in [0.5, 0.6) is 11.5 Å². The minimum atomic E-state index is -0.266. The van der Waals surface area contributed by atoms with Gasteiger partial charge >= 0.3 is 0 Å². The number of amides is 1. The maximum Gasteiger partial charge on any atom is 0.262 e. The van der Waals surface area contributed by atoms with E-state index >= 15 is 0 Å². The van der Waals surface area contributed by atoms with Gasteiger partial charge in [0, 0.05) is 11.8 Å². The number of rotatable bonds is 6. The lowest BCUT2D eigenvalue weighted by molar-refractivity contribution is -0.118. The van der Waals surface area contributed by atoms with Crippen LogP contribution in [0.15, 0.2) is 48.5 Å². The van der Waals surface area contributed by atoms with Crippen molar-refractivity contribution < 1.29 is 19.4 Å². The lowest BCUT2D eigenvalue weighted by Crippen LogP contribution is -2.20. The lowest BCUT2D eigenvalue weighted by Gasteiger charge is -2.09. The first-order chi connectivity index (χ1) is 10.2. The zero-order valence-electron chi connectivity index (χ0n) is 11.7. The van der Waals surface area contributed by atoms with E-state index < -0.39 is 0 Å². The van der Waals surface area contributed by atoms with Gasteiger partial charge in [0.25, 0.3) is 5.91 Å². The van der Waals surface area contributed by atoms with E-state index in [0.717, 1.165) is 5.56 Å². The van der Waals surface area contributed by atoms with Crippen molar-refractivity contribution >= 4 is 11.6 Å². The van der Waals surface area contributed by atoms with Crippen molar-refractivity contribution in [2.45, 2.75) is 6.61 Å². The number of hydrogen-bond donors (Lipinski definition) is 2. The van der Waals surface area contributed by atoms with Gasteiger partial charge in [-0.05, 0) is 29.8 Å². The molecule has 21 heavy (non-hydrogen) atoms. The highest BCUT2D eigenvalue weighted by Gasteiger charge is 2.05. The molecule has 2 N–H and O–H groups in total. The smallest absolute Gasteiger partial charge is 0.262 e. The van der Waals surface area contributed by atoms with E-state index in [0.29, 0.717) is 17.2 Å². The summed E-state index contributed by atoms with van der Waals surface area (Å²) in [5.41, 5.74) is 1.38. The molecule has 0 spiro atoms. The van der Waals surface area contributed by atoms with Crippen LogP contribution in [0.3, 0.4) is 0 Å². The molecule has 110 valence electrons. The molecule has 1 amide bonds. The fourth-order valence-electron chi connectivity index (χ4n) is 1.78. The number of carbonyl (C=O) groups is 1. The van der Waals surface area contributed by atoms with Crippen LogP contribution in [0.4, 0.5) is 5.69 Å². The Bertz CT molecular complexity index is 613. The Morgan fingerprint density at radius 2 is 1.90 bits per heavy atom. The highest BCUT2D eigenvalue weighted by atomic mass is 16.5. The second-order valence-electron chi connectivity index (χ2n) is 4.37. The Morgan fingerprint density at radius 1 is 1.14 bits per heavy atom. The first kappa shape index (κ1) is 14.9. The maximum atomic E-state index is 11.8. The van der Waals surface area contributed by atoms with E-state index in [1.807, 2.05) is 0 Å². The molecule has 0 unspecified atom stereocenters. The summed E-state index contributed by atoms with van der Waals surface area (Å²) in [6, 6.07) is 14.1. The van der Waals surface area contributed by atoms with Crippen LogP contribution in [-0.4, -0.2) is 24.7 Å². The van der Waals surface area contributed by atoms with Gasteiger partial charge in [0.1, 0.15) is 11.5 Å². The first-order valence-electron chi connectivity index (χ1n) is 6.48. The zero-order valence-corrected chi connectivity index (χ0v) is 11.7. The number of aliphatic hydroxyl groups is 1. The second-order valence-corrected chi connectivity index (χ2v) is 4.37. The van der Waals surface area contributed by atoms with Crippen molar-refractivity contribution in [3.8, 4) is 11.5 Å². The number of anilines is 1. The Hall–Kier alpha value is -2.53. The van der Waals surface area contributed by atoms with E-state index in [1.54, 1.807) is 55.6 Å². The number of hydrogen-bond acceptors (Lipinski definition) is 4. The monoisotopic (exact) mass is 287 g/mol. The van der Waals surface area contributed by atoms with Crippen LogP contribution in [-0.2, 0) is 11.4 Å². The van der Waals surface area contributed by atoms with Gasteiger partial charge in [0.15, 0.2) is 6.61 Å². The minimum absolute atomic E-state index is 0.0623.